The number of hydrogen-bond donors (Lipinski definition) is 1. The third-order valence-electron chi connectivity index (χ3n) is 1.91. The minimum Gasteiger partial charge on any atom is -0.424 e. The summed E-state index contributed by atoms with van der Waals surface area (Å²) in [4.78, 5) is 11.5. The lowest BCUT2D eigenvalue weighted by Crippen LogP contribution is -2.01. The van der Waals surface area contributed by atoms with Gasteiger partial charge in [0.1, 0.15) is 11.6 Å². The van der Waals surface area contributed by atoms with E-state index in [0.717, 1.165) is 0 Å². The first kappa shape index (κ1) is 13.0. The summed E-state index contributed by atoms with van der Waals surface area (Å²) in [5.74, 6) is 0.0871. The fraction of sp³-hybridized carbons (Fsp3) is 0.100. The number of aromatic nitrogens is 3. The van der Waals surface area contributed by atoms with E-state index in [0.29, 0.717) is 4.47 Å². The predicted molar refractivity (Wildman–Crippen MR) is 68.6 cm³/mol. The maximum absolute atomic E-state index is 13.3. The molecule has 94 valence electrons. The number of halogens is 3. The molecule has 2 rings (SSSR count). The molecule has 0 amide bonds. The van der Waals surface area contributed by atoms with Gasteiger partial charge in [0.05, 0.1) is 4.47 Å². The smallest absolute Gasteiger partial charge is 0.328 e. The molecule has 1 aromatic heterocycles. The molecule has 1 aromatic carbocycles. The van der Waals surface area contributed by atoms with Gasteiger partial charge in [0, 0.05) is 13.1 Å². The van der Waals surface area contributed by atoms with Gasteiger partial charge in [-0.2, -0.15) is 15.0 Å². The van der Waals surface area contributed by atoms with Gasteiger partial charge in [0.15, 0.2) is 0 Å². The molecular formula is C10H7BrClFN4O. The number of benzene rings is 1. The summed E-state index contributed by atoms with van der Waals surface area (Å²) < 4.78 is 18.9. The molecule has 0 saturated heterocycles. The Balaban J connectivity index is 2.27. The summed E-state index contributed by atoms with van der Waals surface area (Å²) in [5.41, 5.74) is 0. The van der Waals surface area contributed by atoms with Crippen molar-refractivity contribution >= 4 is 33.5 Å². The molecule has 0 aliphatic rings. The van der Waals surface area contributed by atoms with Gasteiger partial charge < -0.3 is 10.1 Å². The molecule has 5 nitrogen and oxygen atoms in total. The molecule has 0 atom stereocenters. The van der Waals surface area contributed by atoms with E-state index >= 15 is 0 Å². The highest BCUT2D eigenvalue weighted by molar-refractivity contribution is 9.10. The summed E-state index contributed by atoms with van der Waals surface area (Å²) in [6.07, 6.45) is 0. The van der Waals surface area contributed by atoms with Crippen molar-refractivity contribution < 1.29 is 9.13 Å². The standard InChI is InChI=1S/C10H7BrClFN4O/c1-14-9-15-8(12)16-10(17-9)18-5-2-3-6(11)7(13)4-5/h2-4H,1H3,(H,14,15,16,17). The lowest BCUT2D eigenvalue weighted by atomic mass is 10.3. The third-order valence-corrected chi connectivity index (χ3v) is 2.72. The molecule has 2 aromatic rings. The fourth-order valence-electron chi connectivity index (χ4n) is 1.14. The average Bonchev–Trinajstić information content (AvgIpc) is 2.33. The van der Waals surface area contributed by atoms with Crippen LogP contribution in [0.3, 0.4) is 0 Å². The zero-order valence-electron chi connectivity index (χ0n) is 9.12. The first-order valence-electron chi connectivity index (χ1n) is 4.80. The maximum Gasteiger partial charge on any atom is 0.328 e. The Labute approximate surface area is 116 Å². The third kappa shape index (κ3) is 3.05. The summed E-state index contributed by atoms with van der Waals surface area (Å²) in [5, 5.41) is 2.69. The minimum atomic E-state index is -0.443. The molecular weight excluding hydrogens is 326 g/mol. The Hall–Kier alpha value is -1.47. The van der Waals surface area contributed by atoms with Gasteiger partial charge in [-0.1, -0.05) is 0 Å². The molecule has 0 fully saturated rings. The van der Waals surface area contributed by atoms with Crippen LogP contribution >= 0.6 is 27.5 Å². The second kappa shape index (κ2) is 5.45. The molecule has 8 heteroatoms. The van der Waals surface area contributed by atoms with Crippen molar-refractivity contribution in [2.75, 3.05) is 12.4 Å². The molecule has 0 aliphatic carbocycles. The van der Waals surface area contributed by atoms with Gasteiger partial charge in [-0.15, -0.1) is 0 Å². The molecule has 1 heterocycles. The molecule has 18 heavy (non-hydrogen) atoms. The fourth-order valence-corrected chi connectivity index (χ4v) is 1.53. The predicted octanol–water partition coefficient (Wildman–Crippen LogP) is 3.26. The van der Waals surface area contributed by atoms with E-state index in [1.165, 1.54) is 12.1 Å². The number of hydrogen-bond acceptors (Lipinski definition) is 5. The maximum atomic E-state index is 13.3. The topological polar surface area (TPSA) is 59.9 Å². The summed E-state index contributed by atoms with van der Waals surface area (Å²) in [7, 11) is 1.63. The van der Waals surface area contributed by atoms with Crippen molar-refractivity contribution in [3.63, 3.8) is 0 Å². The minimum absolute atomic E-state index is 0.0121. The van der Waals surface area contributed by atoms with Crippen LogP contribution in [0.15, 0.2) is 22.7 Å². The highest BCUT2D eigenvalue weighted by atomic mass is 79.9. The number of rotatable bonds is 3. The van der Waals surface area contributed by atoms with Crippen molar-refractivity contribution in [2.45, 2.75) is 0 Å². The Bertz CT molecular complexity index is 584. The zero-order chi connectivity index (χ0) is 13.1. The van der Waals surface area contributed by atoms with Gasteiger partial charge in [-0.05, 0) is 39.7 Å². The number of nitrogens with one attached hydrogen (secondary N) is 1. The Morgan fingerprint density at radius 3 is 2.78 bits per heavy atom. The van der Waals surface area contributed by atoms with Crippen LogP contribution < -0.4 is 10.1 Å². The average molecular weight is 334 g/mol. The summed E-state index contributed by atoms with van der Waals surface area (Å²) in [6, 6.07) is 4.29. The molecule has 0 saturated carbocycles. The van der Waals surface area contributed by atoms with Gasteiger partial charge in [0.2, 0.25) is 11.2 Å². The first-order chi connectivity index (χ1) is 8.58. The van der Waals surface area contributed by atoms with Crippen molar-refractivity contribution in [1.82, 2.24) is 15.0 Å². The number of ether oxygens (including phenoxy) is 1. The monoisotopic (exact) mass is 332 g/mol. The van der Waals surface area contributed by atoms with E-state index in [1.54, 1.807) is 13.1 Å². The van der Waals surface area contributed by atoms with E-state index in [9.17, 15) is 4.39 Å². The van der Waals surface area contributed by atoms with E-state index in [4.69, 9.17) is 16.3 Å². The largest absolute Gasteiger partial charge is 0.424 e. The second-order valence-corrected chi connectivity index (χ2v) is 4.33. The van der Waals surface area contributed by atoms with Crippen LogP contribution in [0.1, 0.15) is 0 Å². The highest BCUT2D eigenvalue weighted by Crippen LogP contribution is 2.24. The first-order valence-corrected chi connectivity index (χ1v) is 5.98. The van der Waals surface area contributed by atoms with E-state index in [-0.39, 0.29) is 23.0 Å². The molecule has 1 N–H and O–H groups in total. The quantitative estimate of drug-likeness (QED) is 0.934. The molecule has 0 spiro atoms. The lowest BCUT2D eigenvalue weighted by molar-refractivity contribution is 0.436. The molecule has 0 aliphatic heterocycles. The van der Waals surface area contributed by atoms with Crippen molar-refractivity contribution in [3.8, 4) is 11.8 Å². The summed E-state index contributed by atoms with van der Waals surface area (Å²) in [6.45, 7) is 0. The van der Waals surface area contributed by atoms with Gasteiger partial charge in [-0.25, -0.2) is 4.39 Å². The second-order valence-electron chi connectivity index (χ2n) is 3.14. The molecule has 0 bridgehead atoms. The number of anilines is 1. The van der Waals surface area contributed by atoms with Crippen molar-refractivity contribution in [2.24, 2.45) is 0 Å². The van der Waals surface area contributed by atoms with Crippen LogP contribution in [0.5, 0.6) is 11.8 Å². The zero-order valence-corrected chi connectivity index (χ0v) is 11.5. The number of nitrogens with zero attached hydrogens (tertiary/aromatic N) is 3. The normalized spacial score (nSPS) is 10.2. The van der Waals surface area contributed by atoms with Crippen LogP contribution in [0.2, 0.25) is 5.28 Å². The van der Waals surface area contributed by atoms with Gasteiger partial charge in [0.25, 0.3) is 0 Å². The van der Waals surface area contributed by atoms with Crippen molar-refractivity contribution in [1.29, 1.82) is 0 Å². The van der Waals surface area contributed by atoms with Crippen LogP contribution in [0.25, 0.3) is 0 Å². The molecule has 0 radical (unpaired) electrons. The van der Waals surface area contributed by atoms with Crippen molar-refractivity contribution in [3.05, 3.63) is 33.8 Å². The molecule has 0 unspecified atom stereocenters. The van der Waals surface area contributed by atoms with Gasteiger partial charge >= 0.3 is 6.01 Å². The van der Waals surface area contributed by atoms with Crippen LogP contribution in [-0.2, 0) is 0 Å². The van der Waals surface area contributed by atoms with E-state index < -0.39 is 5.82 Å². The SMILES string of the molecule is CNc1nc(Cl)nc(Oc2ccc(Br)c(F)c2)n1. The van der Waals surface area contributed by atoms with Crippen LogP contribution in [0.4, 0.5) is 10.3 Å². The Morgan fingerprint density at radius 2 is 2.11 bits per heavy atom. The highest BCUT2D eigenvalue weighted by Gasteiger charge is 2.08. The summed E-state index contributed by atoms with van der Waals surface area (Å²) >= 11 is 8.73. The van der Waals surface area contributed by atoms with Crippen LogP contribution in [0, 0.1) is 5.82 Å². The Morgan fingerprint density at radius 1 is 1.33 bits per heavy atom. The lowest BCUT2D eigenvalue weighted by Gasteiger charge is -2.05. The van der Waals surface area contributed by atoms with E-state index in [1.807, 2.05) is 0 Å². The Kier molecular flexibility index (Phi) is 3.93. The van der Waals surface area contributed by atoms with Crippen LogP contribution in [-0.4, -0.2) is 22.0 Å². The van der Waals surface area contributed by atoms with Gasteiger partial charge in [-0.3, -0.25) is 0 Å². The van der Waals surface area contributed by atoms with E-state index in [2.05, 4.69) is 36.2 Å².